The van der Waals surface area contributed by atoms with Gasteiger partial charge in [-0.05, 0) is 26.3 Å². The predicted octanol–water partition coefficient (Wildman–Crippen LogP) is 2.12. The lowest BCUT2D eigenvalue weighted by atomic mass is 10.1. The molecule has 0 bridgehead atoms. The summed E-state index contributed by atoms with van der Waals surface area (Å²) in [4.78, 5) is 25.0. The molecule has 2 amide bonds. The molecular formula is C15H22N2O3. The molecule has 0 fully saturated rings. The van der Waals surface area contributed by atoms with E-state index in [1.54, 1.807) is 4.90 Å². The van der Waals surface area contributed by atoms with Crippen molar-refractivity contribution in [3.8, 4) is 0 Å². The Hall–Kier alpha value is -2.04. The van der Waals surface area contributed by atoms with Crippen LogP contribution in [-0.2, 0) is 11.2 Å². The summed E-state index contributed by atoms with van der Waals surface area (Å²) < 4.78 is 0. The minimum Gasteiger partial charge on any atom is -0.480 e. The van der Waals surface area contributed by atoms with Gasteiger partial charge >= 0.3 is 12.0 Å². The number of hydrogen-bond acceptors (Lipinski definition) is 2. The van der Waals surface area contributed by atoms with Gasteiger partial charge in [-0.3, -0.25) is 0 Å². The summed E-state index contributed by atoms with van der Waals surface area (Å²) in [5.74, 6) is -1.03. The summed E-state index contributed by atoms with van der Waals surface area (Å²) in [5.41, 5.74) is 0.882. The van der Waals surface area contributed by atoms with E-state index in [1.165, 1.54) is 0 Å². The topological polar surface area (TPSA) is 69.6 Å². The molecule has 20 heavy (non-hydrogen) atoms. The molecule has 0 saturated carbocycles. The number of carbonyl (C=O) groups is 2. The lowest BCUT2D eigenvalue weighted by Gasteiger charge is -2.27. The third-order valence-corrected chi connectivity index (χ3v) is 3.10. The van der Waals surface area contributed by atoms with Crippen molar-refractivity contribution < 1.29 is 14.7 Å². The number of rotatable bonds is 6. The quantitative estimate of drug-likeness (QED) is 0.837. The van der Waals surface area contributed by atoms with E-state index in [1.807, 2.05) is 51.1 Å². The van der Waals surface area contributed by atoms with Gasteiger partial charge < -0.3 is 15.3 Å². The Morgan fingerprint density at radius 1 is 1.25 bits per heavy atom. The molecule has 5 heteroatoms. The van der Waals surface area contributed by atoms with E-state index in [2.05, 4.69) is 5.32 Å². The summed E-state index contributed by atoms with van der Waals surface area (Å²) >= 11 is 0. The van der Waals surface area contributed by atoms with Crippen LogP contribution in [0.4, 0.5) is 4.79 Å². The molecular weight excluding hydrogens is 256 g/mol. The summed E-state index contributed by atoms with van der Waals surface area (Å²) in [5, 5.41) is 11.8. The van der Waals surface area contributed by atoms with Crippen molar-refractivity contribution in [2.24, 2.45) is 0 Å². The molecule has 0 saturated heterocycles. The zero-order valence-corrected chi connectivity index (χ0v) is 12.2. The normalized spacial score (nSPS) is 12.0. The van der Waals surface area contributed by atoms with Crippen LogP contribution in [0.5, 0.6) is 0 Å². The molecule has 1 atom stereocenters. The van der Waals surface area contributed by atoms with Gasteiger partial charge in [0, 0.05) is 19.0 Å². The number of hydrogen-bond donors (Lipinski definition) is 2. The Kier molecular flexibility index (Phi) is 6.03. The smallest absolute Gasteiger partial charge is 0.326 e. The highest BCUT2D eigenvalue weighted by Crippen LogP contribution is 2.05. The van der Waals surface area contributed by atoms with Crippen LogP contribution in [0.3, 0.4) is 0 Å². The number of amides is 2. The van der Waals surface area contributed by atoms with Gasteiger partial charge in [0.2, 0.25) is 0 Å². The minimum atomic E-state index is -1.03. The Morgan fingerprint density at radius 3 is 2.30 bits per heavy atom. The van der Waals surface area contributed by atoms with E-state index in [0.29, 0.717) is 6.54 Å². The Morgan fingerprint density at radius 2 is 1.85 bits per heavy atom. The molecule has 2 N–H and O–H groups in total. The van der Waals surface area contributed by atoms with Crippen LogP contribution < -0.4 is 5.32 Å². The summed E-state index contributed by atoms with van der Waals surface area (Å²) in [6, 6.07) is 8.04. The highest BCUT2D eigenvalue weighted by atomic mass is 16.4. The molecule has 0 spiro atoms. The second kappa shape index (κ2) is 7.53. The van der Waals surface area contributed by atoms with Crippen LogP contribution in [0.15, 0.2) is 30.3 Å². The standard InChI is InChI=1S/C15H22N2O3/c1-4-17(11(2)3)15(20)16-13(14(18)19)10-12-8-6-5-7-9-12/h5-9,11,13H,4,10H2,1-3H3,(H,16,20)(H,18,19). The van der Waals surface area contributed by atoms with E-state index >= 15 is 0 Å². The van der Waals surface area contributed by atoms with Crippen molar-refractivity contribution in [1.29, 1.82) is 0 Å². The van der Waals surface area contributed by atoms with Crippen LogP contribution in [0, 0.1) is 0 Å². The fraction of sp³-hybridized carbons (Fsp3) is 0.467. The highest BCUT2D eigenvalue weighted by molar-refractivity contribution is 5.83. The third kappa shape index (κ3) is 4.57. The van der Waals surface area contributed by atoms with E-state index in [4.69, 9.17) is 0 Å². The summed E-state index contributed by atoms with van der Waals surface area (Å²) in [6.07, 6.45) is 0.275. The number of carboxylic acid groups (broad SMARTS) is 1. The van der Waals surface area contributed by atoms with Crippen molar-refractivity contribution in [1.82, 2.24) is 10.2 Å². The molecule has 0 heterocycles. The molecule has 1 unspecified atom stereocenters. The molecule has 5 nitrogen and oxygen atoms in total. The molecule has 0 radical (unpaired) electrons. The molecule has 0 aromatic heterocycles. The van der Waals surface area contributed by atoms with Crippen molar-refractivity contribution in [2.75, 3.05) is 6.54 Å². The Bertz CT molecular complexity index is 446. The highest BCUT2D eigenvalue weighted by Gasteiger charge is 2.23. The third-order valence-electron chi connectivity index (χ3n) is 3.10. The largest absolute Gasteiger partial charge is 0.480 e. The van der Waals surface area contributed by atoms with Gasteiger partial charge in [-0.1, -0.05) is 30.3 Å². The van der Waals surface area contributed by atoms with E-state index in [9.17, 15) is 14.7 Å². The van der Waals surface area contributed by atoms with Crippen molar-refractivity contribution >= 4 is 12.0 Å². The van der Waals surface area contributed by atoms with Crippen LogP contribution >= 0.6 is 0 Å². The van der Waals surface area contributed by atoms with Crippen LogP contribution in [-0.4, -0.2) is 40.6 Å². The van der Waals surface area contributed by atoms with Gasteiger partial charge in [-0.2, -0.15) is 0 Å². The number of carbonyl (C=O) groups excluding carboxylic acids is 1. The average Bonchev–Trinajstić information content (AvgIpc) is 2.39. The van der Waals surface area contributed by atoms with Gasteiger partial charge in [0.05, 0.1) is 0 Å². The van der Waals surface area contributed by atoms with Crippen LogP contribution in [0.2, 0.25) is 0 Å². The molecule has 0 aliphatic heterocycles. The predicted molar refractivity (Wildman–Crippen MR) is 77.6 cm³/mol. The molecule has 1 aromatic rings. The zero-order valence-electron chi connectivity index (χ0n) is 12.2. The first-order chi connectivity index (χ1) is 9.45. The van der Waals surface area contributed by atoms with E-state index in [-0.39, 0.29) is 18.5 Å². The van der Waals surface area contributed by atoms with Crippen LogP contribution in [0.1, 0.15) is 26.3 Å². The van der Waals surface area contributed by atoms with Crippen molar-refractivity contribution in [3.05, 3.63) is 35.9 Å². The monoisotopic (exact) mass is 278 g/mol. The fourth-order valence-electron chi connectivity index (χ4n) is 2.03. The number of carboxylic acids is 1. The van der Waals surface area contributed by atoms with Gasteiger partial charge in [-0.25, -0.2) is 9.59 Å². The number of urea groups is 1. The molecule has 1 rings (SSSR count). The van der Waals surface area contributed by atoms with E-state index in [0.717, 1.165) is 5.56 Å². The van der Waals surface area contributed by atoms with Crippen LogP contribution in [0.25, 0.3) is 0 Å². The first-order valence-electron chi connectivity index (χ1n) is 6.79. The fourth-order valence-corrected chi connectivity index (χ4v) is 2.03. The number of nitrogens with one attached hydrogen (secondary N) is 1. The van der Waals surface area contributed by atoms with Crippen molar-refractivity contribution in [3.63, 3.8) is 0 Å². The molecule has 110 valence electrons. The lowest BCUT2D eigenvalue weighted by Crippen LogP contribution is -2.50. The van der Waals surface area contributed by atoms with E-state index < -0.39 is 12.0 Å². The average molecular weight is 278 g/mol. The first kappa shape index (κ1) is 16.0. The summed E-state index contributed by atoms with van der Waals surface area (Å²) in [6.45, 7) is 6.21. The molecule has 0 aliphatic carbocycles. The summed E-state index contributed by atoms with van der Waals surface area (Å²) in [7, 11) is 0. The Labute approximate surface area is 119 Å². The van der Waals surface area contributed by atoms with Gasteiger partial charge in [0.25, 0.3) is 0 Å². The van der Waals surface area contributed by atoms with Crippen molar-refractivity contribution in [2.45, 2.75) is 39.3 Å². The number of aliphatic carboxylic acids is 1. The second-order valence-electron chi connectivity index (χ2n) is 4.91. The maximum atomic E-state index is 12.1. The first-order valence-corrected chi connectivity index (χ1v) is 6.79. The van der Waals surface area contributed by atoms with Gasteiger partial charge in [-0.15, -0.1) is 0 Å². The Balaban J connectivity index is 2.73. The maximum Gasteiger partial charge on any atom is 0.326 e. The zero-order chi connectivity index (χ0) is 15.1. The minimum absolute atomic E-state index is 0.0335. The maximum absolute atomic E-state index is 12.1. The second-order valence-corrected chi connectivity index (χ2v) is 4.91. The molecule has 0 aliphatic rings. The lowest BCUT2D eigenvalue weighted by molar-refractivity contribution is -0.139. The molecule has 1 aromatic carbocycles. The number of nitrogens with zero attached hydrogens (tertiary/aromatic N) is 1. The van der Waals surface area contributed by atoms with Gasteiger partial charge in [0.1, 0.15) is 6.04 Å². The SMILES string of the molecule is CCN(C(=O)NC(Cc1ccccc1)C(=O)O)C(C)C. The number of benzene rings is 1. The van der Waals surface area contributed by atoms with Gasteiger partial charge in [0.15, 0.2) is 0 Å².